The van der Waals surface area contributed by atoms with Crippen LogP contribution in [0.1, 0.15) is 49.8 Å². The second-order valence-electron chi connectivity index (χ2n) is 6.22. The second-order valence-corrected chi connectivity index (χ2v) is 6.22. The molecule has 0 saturated heterocycles. The van der Waals surface area contributed by atoms with Gasteiger partial charge >= 0.3 is 0 Å². The van der Waals surface area contributed by atoms with Gasteiger partial charge in [0.15, 0.2) is 0 Å². The molecule has 0 aliphatic heterocycles. The van der Waals surface area contributed by atoms with Crippen molar-refractivity contribution >= 4 is 5.57 Å². The van der Waals surface area contributed by atoms with E-state index in [0.717, 1.165) is 59.5 Å². The molecular weight excluding hydrogens is 322 g/mol. The summed E-state index contributed by atoms with van der Waals surface area (Å²) in [5.41, 5.74) is 5.07. The molecule has 0 heterocycles. The topological polar surface area (TPSA) is 42.2 Å². The van der Waals surface area contributed by atoms with Crippen LogP contribution in [0.4, 0.5) is 0 Å². The van der Waals surface area contributed by atoms with E-state index in [1.54, 1.807) is 14.2 Å². The fraction of sp³-hybridized carbons (Fsp3) is 0.348. The monoisotopic (exact) mass is 349 g/mol. The molecule has 136 valence electrons. The lowest BCUT2D eigenvalue weighted by atomic mass is 9.90. The molecule has 0 spiro atoms. The summed E-state index contributed by atoms with van der Waals surface area (Å²) in [6, 6.07) is 16.6. The molecule has 0 atom stereocenters. The molecule has 0 aliphatic carbocycles. The number of aryl methyl sites for hydroxylation is 1. The zero-order valence-corrected chi connectivity index (χ0v) is 16.1. The minimum atomic E-state index is 0.757. The summed E-state index contributed by atoms with van der Waals surface area (Å²) in [5.74, 6) is 1.71. The van der Waals surface area contributed by atoms with E-state index in [1.165, 1.54) is 5.56 Å². The van der Waals surface area contributed by atoms with Crippen LogP contribution in [0.5, 0.6) is 11.5 Å². The first-order valence-electron chi connectivity index (χ1n) is 9.13. The first kappa shape index (κ1) is 19.6. The third kappa shape index (κ3) is 4.46. The standard InChI is InChI=1S/C23H27NO2/c1-5-7-18-15-19(11-14-22(18)26-4)23(20(16-24)8-6-2)17-9-12-21(25-3)13-10-17/h9-15H,5-8H2,1-4H3/b23-20+. The number of methoxy groups -OCH3 is 2. The smallest absolute Gasteiger partial charge is 0.122 e. The molecule has 0 unspecified atom stereocenters. The Labute approximate surface area is 156 Å². The molecule has 0 saturated carbocycles. The van der Waals surface area contributed by atoms with Crippen molar-refractivity contribution in [2.24, 2.45) is 0 Å². The van der Waals surface area contributed by atoms with Gasteiger partial charge in [-0.25, -0.2) is 0 Å². The number of hydrogen-bond acceptors (Lipinski definition) is 3. The minimum Gasteiger partial charge on any atom is -0.497 e. The normalized spacial score (nSPS) is 11.5. The number of nitriles is 1. The van der Waals surface area contributed by atoms with Crippen LogP contribution in [0.25, 0.3) is 5.57 Å². The Bertz CT molecular complexity index is 798. The minimum absolute atomic E-state index is 0.757. The number of nitrogens with zero attached hydrogens (tertiary/aromatic N) is 1. The van der Waals surface area contributed by atoms with Gasteiger partial charge in [-0.15, -0.1) is 0 Å². The summed E-state index contributed by atoms with van der Waals surface area (Å²) in [4.78, 5) is 0. The van der Waals surface area contributed by atoms with E-state index in [1.807, 2.05) is 36.4 Å². The van der Waals surface area contributed by atoms with Crippen molar-refractivity contribution < 1.29 is 9.47 Å². The zero-order valence-electron chi connectivity index (χ0n) is 16.1. The van der Waals surface area contributed by atoms with Crippen LogP contribution in [0.3, 0.4) is 0 Å². The van der Waals surface area contributed by atoms with Crippen molar-refractivity contribution in [3.05, 3.63) is 64.7 Å². The first-order chi connectivity index (χ1) is 12.7. The van der Waals surface area contributed by atoms with Crippen molar-refractivity contribution in [1.29, 1.82) is 5.26 Å². The highest BCUT2D eigenvalue weighted by atomic mass is 16.5. The van der Waals surface area contributed by atoms with Crippen LogP contribution in [-0.4, -0.2) is 14.2 Å². The Balaban J connectivity index is 2.64. The Kier molecular flexibility index (Phi) is 7.29. The molecule has 0 fully saturated rings. The highest BCUT2D eigenvalue weighted by Crippen LogP contribution is 2.33. The molecule has 0 N–H and O–H groups in total. The van der Waals surface area contributed by atoms with E-state index >= 15 is 0 Å². The summed E-state index contributed by atoms with van der Waals surface area (Å²) in [6.45, 7) is 4.25. The summed E-state index contributed by atoms with van der Waals surface area (Å²) in [5, 5.41) is 9.77. The highest BCUT2D eigenvalue weighted by molar-refractivity contribution is 5.84. The molecular formula is C23H27NO2. The Morgan fingerprint density at radius 2 is 1.62 bits per heavy atom. The third-order valence-corrected chi connectivity index (χ3v) is 4.40. The molecule has 2 rings (SSSR count). The van der Waals surface area contributed by atoms with E-state index in [2.05, 4.69) is 26.0 Å². The second kappa shape index (κ2) is 9.68. The largest absolute Gasteiger partial charge is 0.497 e. The maximum absolute atomic E-state index is 9.77. The number of hydrogen-bond donors (Lipinski definition) is 0. The number of allylic oxidation sites excluding steroid dienone is 1. The molecule has 0 aliphatic rings. The summed E-state index contributed by atoms with van der Waals surface area (Å²) >= 11 is 0. The molecule has 0 bridgehead atoms. The van der Waals surface area contributed by atoms with Gasteiger partial charge in [0.1, 0.15) is 11.5 Å². The highest BCUT2D eigenvalue weighted by Gasteiger charge is 2.14. The zero-order chi connectivity index (χ0) is 18.9. The maximum Gasteiger partial charge on any atom is 0.122 e. The van der Waals surface area contributed by atoms with E-state index in [9.17, 15) is 5.26 Å². The number of rotatable bonds is 8. The molecule has 2 aromatic rings. The van der Waals surface area contributed by atoms with Gasteiger partial charge in [0.25, 0.3) is 0 Å². The predicted molar refractivity (Wildman–Crippen MR) is 107 cm³/mol. The van der Waals surface area contributed by atoms with Gasteiger partial charge in [0, 0.05) is 11.1 Å². The number of ether oxygens (including phenoxy) is 2. The van der Waals surface area contributed by atoms with Crippen LogP contribution >= 0.6 is 0 Å². The molecule has 26 heavy (non-hydrogen) atoms. The predicted octanol–water partition coefficient (Wildman–Crippen LogP) is 5.78. The Morgan fingerprint density at radius 1 is 0.923 bits per heavy atom. The van der Waals surface area contributed by atoms with Crippen molar-refractivity contribution in [2.75, 3.05) is 14.2 Å². The van der Waals surface area contributed by atoms with Gasteiger partial charge in [-0.05, 0) is 53.8 Å². The SMILES string of the molecule is CCC/C(C#N)=C(/c1ccc(OC)cc1)c1ccc(OC)c(CCC)c1. The fourth-order valence-electron chi connectivity index (χ4n) is 3.16. The van der Waals surface area contributed by atoms with Crippen molar-refractivity contribution in [2.45, 2.75) is 39.5 Å². The lowest BCUT2D eigenvalue weighted by Gasteiger charge is -2.15. The Morgan fingerprint density at radius 3 is 2.15 bits per heavy atom. The average Bonchev–Trinajstić information content (AvgIpc) is 2.68. The summed E-state index contributed by atoms with van der Waals surface area (Å²) in [7, 11) is 3.36. The average molecular weight is 349 g/mol. The van der Waals surface area contributed by atoms with Gasteiger partial charge in [0.2, 0.25) is 0 Å². The van der Waals surface area contributed by atoms with Gasteiger partial charge in [-0.2, -0.15) is 5.26 Å². The third-order valence-electron chi connectivity index (χ3n) is 4.40. The molecule has 0 aromatic heterocycles. The maximum atomic E-state index is 9.77. The van der Waals surface area contributed by atoms with Crippen LogP contribution < -0.4 is 9.47 Å². The summed E-state index contributed by atoms with van der Waals surface area (Å²) < 4.78 is 10.8. The van der Waals surface area contributed by atoms with E-state index in [0.29, 0.717) is 0 Å². The van der Waals surface area contributed by atoms with Crippen LogP contribution in [-0.2, 0) is 6.42 Å². The molecule has 0 radical (unpaired) electrons. The van der Waals surface area contributed by atoms with Gasteiger partial charge in [0.05, 0.1) is 20.3 Å². The lowest BCUT2D eigenvalue weighted by Crippen LogP contribution is -1.98. The van der Waals surface area contributed by atoms with Crippen LogP contribution in [0, 0.1) is 11.3 Å². The fourth-order valence-corrected chi connectivity index (χ4v) is 3.16. The van der Waals surface area contributed by atoms with Crippen LogP contribution in [0.2, 0.25) is 0 Å². The lowest BCUT2D eigenvalue weighted by molar-refractivity contribution is 0.409. The summed E-state index contributed by atoms with van der Waals surface area (Å²) in [6.07, 6.45) is 3.68. The van der Waals surface area contributed by atoms with Gasteiger partial charge in [-0.1, -0.05) is 44.9 Å². The quantitative estimate of drug-likeness (QED) is 0.567. The van der Waals surface area contributed by atoms with E-state index < -0.39 is 0 Å². The van der Waals surface area contributed by atoms with Crippen LogP contribution in [0.15, 0.2) is 48.0 Å². The Hall–Kier alpha value is -2.73. The van der Waals surface area contributed by atoms with Crippen molar-refractivity contribution in [3.8, 4) is 17.6 Å². The molecule has 3 heteroatoms. The van der Waals surface area contributed by atoms with E-state index in [4.69, 9.17) is 9.47 Å². The number of benzene rings is 2. The first-order valence-corrected chi connectivity index (χ1v) is 9.13. The molecule has 2 aromatic carbocycles. The van der Waals surface area contributed by atoms with Gasteiger partial charge in [-0.3, -0.25) is 0 Å². The van der Waals surface area contributed by atoms with E-state index in [-0.39, 0.29) is 0 Å². The molecule has 3 nitrogen and oxygen atoms in total. The molecule has 0 amide bonds. The van der Waals surface area contributed by atoms with Gasteiger partial charge < -0.3 is 9.47 Å². The van der Waals surface area contributed by atoms with Crippen molar-refractivity contribution in [1.82, 2.24) is 0 Å². The van der Waals surface area contributed by atoms with Crippen molar-refractivity contribution in [3.63, 3.8) is 0 Å².